The molecular formula is C15H14N4O2. The van der Waals surface area contributed by atoms with Gasteiger partial charge >= 0.3 is 0 Å². The lowest BCUT2D eigenvalue weighted by Crippen LogP contribution is -2.27. The third-order valence-electron chi connectivity index (χ3n) is 3.15. The molecule has 0 aliphatic carbocycles. The average Bonchev–Trinajstić information content (AvgIpc) is 2.91. The van der Waals surface area contributed by atoms with Gasteiger partial charge in [-0.05, 0) is 25.1 Å². The first-order valence-electron chi connectivity index (χ1n) is 6.53. The second kappa shape index (κ2) is 5.24. The molecule has 2 heterocycles. The minimum Gasteiger partial charge on any atom is -0.506 e. The molecule has 3 N–H and O–H groups in total. The number of nitrogens with one attached hydrogen (secondary N) is 2. The highest BCUT2D eigenvalue weighted by atomic mass is 16.3. The monoisotopic (exact) mass is 282 g/mol. The number of nitrogens with zero attached hydrogens (tertiary/aromatic N) is 2. The summed E-state index contributed by atoms with van der Waals surface area (Å²) in [5.74, 6) is 0.322. The number of para-hydroxylation sites is 2. The third-order valence-corrected chi connectivity index (χ3v) is 3.15. The molecule has 1 aromatic carbocycles. The average molecular weight is 282 g/mol. The van der Waals surface area contributed by atoms with Crippen LogP contribution in [-0.4, -0.2) is 26.0 Å². The van der Waals surface area contributed by atoms with E-state index in [0.29, 0.717) is 11.4 Å². The van der Waals surface area contributed by atoms with Crippen LogP contribution in [0.3, 0.4) is 0 Å². The van der Waals surface area contributed by atoms with Crippen LogP contribution in [0.15, 0.2) is 42.7 Å². The summed E-state index contributed by atoms with van der Waals surface area (Å²) in [5.41, 5.74) is 2.08. The van der Waals surface area contributed by atoms with Crippen molar-refractivity contribution >= 4 is 16.9 Å². The van der Waals surface area contributed by atoms with Crippen LogP contribution in [0.4, 0.5) is 0 Å². The summed E-state index contributed by atoms with van der Waals surface area (Å²) in [6, 6.07) is 8.75. The number of hydrogen-bond acceptors (Lipinski definition) is 4. The van der Waals surface area contributed by atoms with Gasteiger partial charge in [-0.15, -0.1) is 0 Å². The molecule has 1 atom stereocenters. The number of aromatic amines is 1. The number of carbonyl (C=O) groups is 1. The molecular weight excluding hydrogens is 268 g/mol. The van der Waals surface area contributed by atoms with E-state index in [1.807, 2.05) is 31.2 Å². The number of rotatable bonds is 3. The summed E-state index contributed by atoms with van der Waals surface area (Å²) in [5, 5.41) is 12.2. The summed E-state index contributed by atoms with van der Waals surface area (Å²) in [4.78, 5) is 23.5. The molecule has 0 aliphatic heterocycles. The Kier molecular flexibility index (Phi) is 3.27. The minimum absolute atomic E-state index is 0.0426. The molecule has 21 heavy (non-hydrogen) atoms. The van der Waals surface area contributed by atoms with Crippen LogP contribution in [0.5, 0.6) is 5.75 Å². The summed E-state index contributed by atoms with van der Waals surface area (Å²) in [6.45, 7) is 1.84. The van der Waals surface area contributed by atoms with Crippen LogP contribution < -0.4 is 5.32 Å². The number of amides is 1. The smallest absolute Gasteiger partial charge is 0.253 e. The maximum Gasteiger partial charge on any atom is 0.253 e. The van der Waals surface area contributed by atoms with Gasteiger partial charge in [-0.1, -0.05) is 12.1 Å². The van der Waals surface area contributed by atoms with Gasteiger partial charge in [-0.2, -0.15) is 0 Å². The predicted molar refractivity (Wildman–Crippen MR) is 77.9 cm³/mol. The van der Waals surface area contributed by atoms with Crippen molar-refractivity contribution < 1.29 is 9.90 Å². The number of aromatic hydroxyl groups is 1. The summed E-state index contributed by atoms with van der Waals surface area (Å²) in [7, 11) is 0. The summed E-state index contributed by atoms with van der Waals surface area (Å²) < 4.78 is 0. The topological polar surface area (TPSA) is 90.9 Å². The molecule has 0 spiro atoms. The van der Waals surface area contributed by atoms with E-state index in [9.17, 15) is 9.90 Å². The molecule has 0 fully saturated rings. The Labute approximate surface area is 120 Å². The Morgan fingerprint density at radius 2 is 2.14 bits per heavy atom. The molecule has 0 saturated heterocycles. The van der Waals surface area contributed by atoms with Crippen molar-refractivity contribution in [2.45, 2.75) is 13.0 Å². The Morgan fingerprint density at radius 3 is 2.90 bits per heavy atom. The van der Waals surface area contributed by atoms with Crippen molar-refractivity contribution in [1.82, 2.24) is 20.3 Å². The van der Waals surface area contributed by atoms with Crippen LogP contribution in [0.1, 0.15) is 29.1 Å². The lowest BCUT2D eigenvalue weighted by atomic mass is 10.2. The standard InChI is InChI=1S/C15H14N4O2/c1-9(14-18-12-4-2-3-5-13(12)19-14)17-15(21)10-6-11(20)8-16-7-10/h2-9,20H,1H3,(H,17,21)(H,18,19). The van der Waals surface area contributed by atoms with Crippen LogP contribution in [0.25, 0.3) is 11.0 Å². The van der Waals surface area contributed by atoms with Gasteiger partial charge in [0.1, 0.15) is 11.6 Å². The van der Waals surface area contributed by atoms with E-state index >= 15 is 0 Å². The van der Waals surface area contributed by atoms with Gasteiger partial charge in [0.25, 0.3) is 5.91 Å². The van der Waals surface area contributed by atoms with E-state index in [1.54, 1.807) is 0 Å². The van der Waals surface area contributed by atoms with Crippen molar-refractivity contribution in [2.75, 3.05) is 0 Å². The zero-order chi connectivity index (χ0) is 14.8. The van der Waals surface area contributed by atoms with E-state index < -0.39 is 0 Å². The molecule has 0 saturated carbocycles. The van der Waals surface area contributed by atoms with E-state index in [-0.39, 0.29) is 17.7 Å². The van der Waals surface area contributed by atoms with Crippen molar-refractivity contribution in [2.24, 2.45) is 0 Å². The molecule has 0 bridgehead atoms. The fraction of sp³-hybridized carbons (Fsp3) is 0.133. The molecule has 106 valence electrons. The SMILES string of the molecule is CC(NC(=O)c1cncc(O)c1)c1nc2ccccc2[nH]1. The maximum atomic E-state index is 12.1. The van der Waals surface area contributed by atoms with Gasteiger partial charge in [-0.3, -0.25) is 9.78 Å². The van der Waals surface area contributed by atoms with Crippen molar-refractivity contribution in [3.8, 4) is 5.75 Å². The molecule has 3 aromatic rings. The van der Waals surface area contributed by atoms with E-state index in [2.05, 4.69) is 20.3 Å². The Balaban J connectivity index is 1.79. The Hall–Kier alpha value is -2.89. The third kappa shape index (κ3) is 2.69. The molecule has 1 unspecified atom stereocenters. The maximum absolute atomic E-state index is 12.1. The number of carbonyl (C=O) groups excluding carboxylic acids is 1. The number of H-pyrrole nitrogens is 1. The molecule has 1 amide bonds. The number of imidazole rings is 1. The van der Waals surface area contributed by atoms with Gasteiger partial charge in [-0.25, -0.2) is 4.98 Å². The van der Waals surface area contributed by atoms with Crippen molar-refractivity contribution in [3.05, 3.63) is 54.1 Å². The number of fused-ring (bicyclic) bond motifs is 1. The second-order valence-electron chi connectivity index (χ2n) is 4.77. The fourth-order valence-electron chi connectivity index (χ4n) is 2.08. The number of pyridine rings is 1. The van der Waals surface area contributed by atoms with Crippen molar-refractivity contribution in [3.63, 3.8) is 0 Å². The van der Waals surface area contributed by atoms with Gasteiger partial charge in [0.15, 0.2) is 0 Å². The lowest BCUT2D eigenvalue weighted by molar-refractivity contribution is 0.0937. The second-order valence-corrected chi connectivity index (χ2v) is 4.77. The lowest BCUT2D eigenvalue weighted by Gasteiger charge is -2.11. The minimum atomic E-state index is -0.314. The largest absolute Gasteiger partial charge is 0.506 e. The Morgan fingerprint density at radius 1 is 1.33 bits per heavy atom. The first kappa shape index (κ1) is 13.1. The number of benzene rings is 1. The van der Waals surface area contributed by atoms with Crippen LogP contribution >= 0.6 is 0 Å². The van der Waals surface area contributed by atoms with E-state index in [0.717, 1.165) is 11.0 Å². The molecule has 6 heteroatoms. The van der Waals surface area contributed by atoms with E-state index in [1.165, 1.54) is 18.5 Å². The zero-order valence-corrected chi connectivity index (χ0v) is 11.4. The first-order valence-corrected chi connectivity index (χ1v) is 6.53. The number of aromatic nitrogens is 3. The Bertz CT molecular complexity index is 764. The van der Waals surface area contributed by atoms with Crippen molar-refractivity contribution in [1.29, 1.82) is 0 Å². The zero-order valence-electron chi connectivity index (χ0n) is 11.4. The number of hydrogen-bond donors (Lipinski definition) is 3. The van der Waals surface area contributed by atoms with Gasteiger partial charge < -0.3 is 15.4 Å². The highest BCUT2D eigenvalue weighted by Gasteiger charge is 2.15. The van der Waals surface area contributed by atoms with Gasteiger partial charge in [0, 0.05) is 6.20 Å². The summed E-state index contributed by atoms with van der Waals surface area (Å²) in [6.07, 6.45) is 2.68. The first-order chi connectivity index (χ1) is 10.1. The van der Waals surface area contributed by atoms with Crippen LogP contribution in [0, 0.1) is 0 Å². The van der Waals surface area contributed by atoms with Crippen LogP contribution in [0.2, 0.25) is 0 Å². The molecule has 0 aliphatic rings. The quantitative estimate of drug-likeness (QED) is 0.686. The molecule has 0 radical (unpaired) electrons. The molecule has 3 rings (SSSR count). The summed E-state index contributed by atoms with van der Waals surface area (Å²) >= 11 is 0. The highest BCUT2D eigenvalue weighted by Crippen LogP contribution is 2.16. The molecule has 6 nitrogen and oxygen atoms in total. The normalized spacial score (nSPS) is 12.2. The van der Waals surface area contributed by atoms with E-state index in [4.69, 9.17) is 0 Å². The predicted octanol–water partition coefficient (Wildman–Crippen LogP) is 2.15. The highest BCUT2D eigenvalue weighted by molar-refractivity contribution is 5.94. The van der Waals surface area contributed by atoms with Gasteiger partial charge in [0.2, 0.25) is 0 Å². The van der Waals surface area contributed by atoms with Crippen LogP contribution in [-0.2, 0) is 0 Å². The fourth-order valence-corrected chi connectivity index (χ4v) is 2.08. The van der Waals surface area contributed by atoms with Gasteiger partial charge in [0.05, 0.1) is 28.8 Å². The molecule has 2 aromatic heterocycles.